The fraction of sp³-hybridized carbons (Fsp3) is 0.235. The van der Waals surface area contributed by atoms with Crippen LogP contribution in [0.5, 0.6) is 0 Å². The van der Waals surface area contributed by atoms with Gasteiger partial charge in [-0.3, -0.25) is 4.79 Å². The number of rotatable bonds is 4. The van der Waals surface area contributed by atoms with Gasteiger partial charge in [-0.25, -0.2) is 8.78 Å². The Morgan fingerprint density at radius 2 is 1.70 bits per heavy atom. The van der Waals surface area contributed by atoms with Gasteiger partial charge in [0, 0.05) is 6.42 Å². The fourth-order valence-electron chi connectivity index (χ4n) is 2.61. The van der Waals surface area contributed by atoms with Gasteiger partial charge in [-0.15, -0.1) is 0 Å². The summed E-state index contributed by atoms with van der Waals surface area (Å²) in [5.41, 5.74) is 1.13. The number of hydrogen-bond donors (Lipinski definition) is 0. The van der Waals surface area contributed by atoms with Crippen LogP contribution < -0.4 is 0 Å². The molecule has 0 radical (unpaired) electrons. The molecule has 102 valence electrons. The Hall–Kier alpha value is -2.03. The topological polar surface area (TPSA) is 17.1 Å². The van der Waals surface area contributed by atoms with Crippen LogP contribution in [0.3, 0.4) is 0 Å². The average Bonchev–Trinajstić information content (AvgIpc) is 3.26. The van der Waals surface area contributed by atoms with Gasteiger partial charge < -0.3 is 0 Å². The van der Waals surface area contributed by atoms with Gasteiger partial charge in [-0.1, -0.05) is 36.4 Å². The molecule has 0 spiro atoms. The lowest BCUT2D eigenvalue weighted by atomic mass is 9.88. The van der Waals surface area contributed by atoms with E-state index < -0.39 is 17.0 Å². The van der Waals surface area contributed by atoms with E-state index in [1.54, 1.807) is 0 Å². The second-order valence-corrected chi connectivity index (χ2v) is 5.30. The lowest BCUT2D eigenvalue weighted by Crippen LogP contribution is -2.22. The van der Waals surface area contributed by atoms with Gasteiger partial charge in [0.15, 0.2) is 11.6 Å². The molecule has 0 amide bonds. The molecule has 0 heterocycles. The first-order valence-electron chi connectivity index (χ1n) is 6.65. The van der Waals surface area contributed by atoms with Crippen LogP contribution in [0.15, 0.2) is 48.5 Å². The third kappa shape index (κ3) is 2.24. The first kappa shape index (κ1) is 13.0. The quantitative estimate of drug-likeness (QED) is 0.827. The van der Waals surface area contributed by atoms with Gasteiger partial charge in [-0.2, -0.15) is 0 Å². The normalized spacial score (nSPS) is 15.9. The van der Waals surface area contributed by atoms with Crippen LogP contribution in [0, 0.1) is 11.6 Å². The molecule has 0 saturated heterocycles. The van der Waals surface area contributed by atoms with Gasteiger partial charge in [0.25, 0.3) is 0 Å². The van der Waals surface area contributed by atoms with Crippen molar-refractivity contribution in [2.75, 3.05) is 0 Å². The highest BCUT2D eigenvalue weighted by Crippen LogP contribution is 2.49. The van der Waals surface area contributed by atoms with E-state index in [2.05, 4.69) is 0 Å². The molecule has 1 nitrogen and oxygen atoms in total. The molecule has 3 heteroatoms. The second-order valence-electron chi connectivity index (χ2n) is 5.30. The van der Waals surface area contributed by atoms with Gasteiger partial charge in [-0.05, 0) is 36.1 Å². The number of carbonyl (C=O) groups excluding carboxylic acids is 1. The predicted molar refractivity (Wildman–Crippen MR) is 72.4 cm³/mol. The van der Waals surface area contributed by atoms with Crippen molar-refractivity contribution in [2.45, 2.75) is 24.7 Å². The van der Waals surface area contributed by atoms with Crippen LogP contribution in [-0.4, -0.2) is 5.78 Å². The van der Waals surface area contributed by atoms with Crippen molar-refractivity contribution in [1.82, 2.24) is 0 Å². The number of ketones is 1. The van der Waals surface area contributed by atoms with E-state index in [-0.39, 0.29) is 12.2 Å². The van der Waals surface area contributed by atoms with Crippen molar-refractivity contribution >= 4 is 5.78 Å². The summed E-state index contributed by atoms with van der Waals surface area (Å²) in [6.45, 7) is 0. The van der Waals surface area contributed by atoms with Crippen molar-refractivity contribution in [2.24, 2.45) is 0 Å². The largest absolute Gasteiger partial charge is 0.298 e. The van der Waals surface area contributed by atoms with E-state index >= 15 is 0 Å². The van der Waals surface area contributed by atoms with Gasteiger partial charge in [0.1, 0.15) is 5.78 Å². The Balaban J connectivity index is 1.81. The molecular weight excluding hydrogens is 258 g/mol. The molecule has 2 aromatic rings. The molecule has 20 heavy (non-hydrogen) atoms. The van der Waals surface area contributed by atoms with E-state index in [1.807, 2.05) is 30.3 Å². The lowest BCUT2D eigenvalue weighted by Gasteiger charge is -2.14. The molecule has 0 N–H and O–H groups in total. The summed E-state index contributed by atoms with van der Waals surface area (Å²) in [6.07, 6.45) is 1.81. The average molecular weight is 272 g/mol. The van der Waals surface area contributed by atoms with Crippen LogP contribution in [0.25, 0.3) is 0 Å². The summed E-state index contributed by atoms with van der Waals surface area (Å²) in [4.78, 5) is 12.5. The monoisotopic (exact) mass is 272 g/mol. The smallest absolute Gasteiger partial charge is 0.159 e. The van der Waals surface area contributed by atoms with E-state index in [0.29, 0.717) is 5.56 Å². The summed E-state index contributed by atoms with van der Waals surface area (Å²) >= 11 is 0. The maximum absolute atomic E-state index is 13.2. The minimum absolute atomic E-state index is 0.0784. The molecule has 3 rings (SSSR count). The van der Waals surface area contributed by atoms with Crippen LogP contribution in [0.2, 0.25) is 0 Å². The zero-order valence-electron chi connectivity index (χ0n) is 10.9. The number of benzene rings is 2. The van der Waals surface area contributed by atoms with Crippen LogP contribution >= 0.6 is 0 Å². The van der Waals surface area contributed by atoms with Crippen LogP contribution in [0.4, 0.5) is 8.78 Å². The minimum atomic E-state index is -0.903. The number of halogens is 2. The van der Waals surface area contributed by atoms with Crippen LogP contribution in [0.1, 0.15) is 24.0 Å². The number of Topliss-reactive ketones (excluding diaryl/α,β-unsaturated/α-hetero) is 1. The zero-order chi connectivity index (χ0) is 14.2. The van der Waals surface area contributed by atoms with Crippen LogP contribution in [-0.2, 0) is 16.6 Å². The van der Waals surface area contributed by atoms with Crippen molar-refractivity contribution in [3.8, 4) is 0 Å². The summed E-state index contributed by atoms with van der Waals surface area (Å²) in [5.74, 6) is -1.71. The standard InChI is InChI=1S/C17H14F2O/c18-14-7-6-12(10-15(14)19)11-16(20)17(8-9-17)13-4-2-1-3-5-13/h1-7,10H,8-9,11H2. The maximum atomic E-state index is 13.2. The molecule has 1 saturated carbocycles. The third-order valence-electron chi connectivity index (χ3n) is 3.96. The fourth-order valence-corrected chi connectivity index (χ4v) is 2.61. The minimum Gasteiger partial charge on any atom is -0.298 e. The summed E-state index contributed by atoms with van der Waals surface area (Å²) in [5, 5.41) is 0. The van der Waals surface area contributed by atoms with Gasteiger partial charge >= 0.3 is 0 Å². The molecule has 1 aliphatic carbocycles. The summed E-state index contributed by atoms with van der Waals surface area (Å²) in [6, 6.07) is 13.3. The Bertz CT molecular complexity index is 645. The predicted octanol–water partition coefficient (Wildman–Crippen LogP) is 3.81. The first-order valence-corrected chi connectivity index (χ1v) is 6.65. The molecule has 2 aromatic carbocycles. The molecule has 0 aliphatic heterocycles. The van der Waals surface area contributed by atoms with Crippen molar-refractivity contribution < 1.29 is 13.6 Å². The van der Waals surface area contributed by atoms with Crippen molar-refractivity contribution in [1.29, 1.82) is 0 Å². The zero-order valence-corrected chi connectivity index (χ0v) is 10.9. The Morgan fingerprint density at radius 3 is 2.30 bits per heavy atom. The van der Waals surface area contributed by atoms with Crippen molar-refractivity contribution in [3.05, 3.63) is 71.3 Å². The highest BCUT2D eigenvalue weighted by molar-refractivity contribution is 5.94. The van der Waals surface area contributed by atoms with E-state index in [4.69, 9.17) is 0 Å². The first-order chi connectivity index (χ1) is 9.62. The maximum Gasteiger partial charge on any atom is 0.159 e. The van der Waals surface area contributed by atoms with Gasteiger partial charge in [0.2, 0.25) is 0 Å². The SMILES string of the molecule is O=C(Cc1ccc(F)c(F)c1)C1(c2ccccc2)CC1. The van der Waals surface area contributed by atoms with E-state index in [0.717, 1.165) is 30.5 Å². The molecular formula is C17H14F2O. The number of hydrogen-bond acceptors (Lipinski definition) is 1. The molecule has 0 atom stereocenters. The molecule has 0 aromatic heterocycles. The summed E-state index contributed by atoms with van der Waals surface area (Å²) < 4.78 is 26.1. The second kappa shape index (κ2) is 4.82. The molecule has 1 aliphatic rings. The third-order valence-corrected chi connectivity index (χ3v) is 3.96. The number of carbonyl (C=O) groups is 1. The molecule has 0 unspecified atom stereocenters. The highest BCUT2D eigenvalue weighted by atomic mass is 19.2. The summed E-state index contributed by atoms with van der Waals surface area (Å²) in [7, 11) is 0. The highest BCUT2D eigenvalue weighted by Gasteiger charge is 2.50. The lowest BCUT2D eigenvalue weighted by molar-refractivity contribution is -0.120. The molecule has 0 bridgehead atoms. The van der Waals surface area contributed by atoms with E-state index in [1.165, 1.54) is 6.07 Å². The Morgan fingerprint density at radius 1 is 1.00 bits per heavy atom. The Labute approximate surface area is 116 Å². The van der Waals surface area contributed by atoms with E-state index in [9.17, 15) is 13.6 Å². The van der Waals surface area contributed by atoms with Gasteiger partial charge in [0.05, 0.1) is 5.41 Å². The van der Waals surface area contributed by atoms with Crippen molar-refractivity contribution in [3.63, 3.8) is 0 Å². The Kier molecular flexibility index (Phi) is 3.13. The molecule has 1 fully saturated rings.